The van der Waals surface area contributed by atoms with Crippen LogP contribution in [0.5, 0.6) is 5.75 Å². The number of carbonyl (C=O) groups excluding carboxylic acids is 1. The topological polar surface area (TPSA) is 129 Å². The Labute approximate surface area is 248 Å². The van der Waals surface area contributed by atoms with Crippen LogP contribution in [0, 0.1) is 23.2 Å². The van der Waals surface area contributed by atoms with Crippen LogP contribution in [0.15, 0.2) is 55.1 Å². The van der Waals surface area contributed by atoms with E-state index in [1.807, 2.05) is 24.4 Å². The highest BCUT2D eigenvalue weighted by Gasteiger charge is 2.47. The van der Waals surface area contributed by atoms with Gasteiger partial charge in [0.2, 0.25) is 0 Å². The van der Waals surface area contributed by atoms with Gasteiger partial charge in [-0.3, -0.25) is 4.79 Å². The highest BCUT2D eigenvalue weighted by atomic mass is 35.5. The Hall–Kier alpha value is -4.20. The number of amides is 1. The first-order chi connectivity index (χ1) is 20.0. The molecule has 1 aliphatic heterocycles. The van der Waals surface area contributed by atoms with Crippen LogP contribution in [0.4, 0.5) is 5.82 Å². The number of ether oxygens (including phenoxy) is 1. The van der Waals surface area contributed by atoms with Gasteiger partial charge in [0, 0.05) is 42.1 Å². The van der Waals surface area contributed by atoms with Crippen molar-refractivity contribution in [3.05, 3.63) is 71.4 Å². The fourth-order valence-electron chi connectivity index (χ4n) is 6.29. The standard InChI is InChI=1S/C31H32ClN7O3/c1-30(2,41)18-42-23-9-24(28-22(12-33)14-36-39(28)17-23)19-6-7-26(35-13-19)38-15-20-10-31(3,11-21(20)16-38)37-29(40)27-25(32)5-4-8-34-27/h4-9,13-14,17,20-21,41H,10-11,15-16,18H2,1-3H3,(H,37,40)/t20-,21+,31+. The second-order valence-electron chi connectivity index (χ2n) is 12.2. The molecule has 1 amide bonds. The van der Waals surface area contributed by atoms with Crippen molar-refractivity contribution in [2.45, 2.75) is 44.8 Å². The van der Waals surface area contributed by atoms with Gasteiger partial charge in [-0.1, -0.05) is 11.6 Å². The molecule has 0 bridgehead atoms. The van der Waals surface area contributed by atoms with E-state index in [1.165, 1.54) is 6.20 Å². The molecule has 10 nitrogen and oxygen atoms in total. The summed E-state index contributed by atoms with van der Waals surface area (Å²) in [5.74, 6) is 2.05. The van der Waals surface area contributed by atoms with Crippen LogP contribution in [0.3, 0.4) is 0 Å². The first-order valence-electron chi connectivity index (χ1n) is 13.9. The number of nitrogens with one attached hydrogen (secondary N) is 1. The maximum absolute atomic E-state index is 12.9. The number of rotatable bonds is 7. The van der Waals surface area contributed by atoms with Crippen LogP contribution in [-0.4, -0.2) is 61.4 Å². The van der Waals surface area contributed by atoms with Crippen molar-refractivity contribution in [1.29, 1.82) is 5.26 Å². The Morgan fingerprint density at radius 3 is 2.64 bits per heavy atom. The SMILES string of the molecule is CC(C)(O)COc1cc(-c2ccc(N3C[C@@H]4C[C@@](C)(NC(=O)c5ncccc5Cl)C[C@@H]4C3)nc2)c2c(C#N)cnn2c1. The number of hydrogen-bond donors (Lipinski definition) is 2. The smallest absolute Gasteiger partial charge is 0.271 e. The van der Waals surface area contributed by atoms with E-state index in [1.54, 1.807) is 42.9 Å². The van der Waals surface area contributed by atoms with Gasteiger partial charge in [-0.25, -0.2) is 14.5 Å². The minimum atomic E-state index is -0.996. The Morgan fingerprint density at radius 2 is 2.00 bits per heavy atom. The van der Waals surface area contributed by atoms with Crippen molar-refractivity contribution in [3.8, 4) is 22.9 Å². The number of hydrogen-bond acceptors (Lipinski definition) is 8. The fourth-order valence-corrected chi connectivity index (χ4v) is 6.49. The van der Waals surface area contributed by atoms with Gasteiger partial charge in [-0.2, -0.15) is 10.4 Å². The molecular weight excluding hydrogens is 554 g/mol. The zero-order chi connectivity index (χ0) is 29.6. The molecule has 1 saturated carbocycles. The molecule has 5 heterocycles. The van der Waals surface area contributed by atoms with Gasteiger partial charge in [-0.05, 0) is 75.8 Å². The monoisotopic (exact) mass is 585 g/mol. The predicted molar refractivity (Wildman–Crippen MR) is 158 cm³/mol. The van der Waals surface area contributed by atoms with Crippen molar-refractivity contribution < 1.29 is 14.6 Å². The maximum atomic E-state index is 12.9. The van der Waals surface area contributed by atoms with E-state index in [9.17, 15) is 15.2 Å². The van der Waals surface area contributed by atoms with Crippen LogP contribution >= 0.6 is 11.6 Å². The molecule has 2 fully saturated rings. The van der Waals surface area contributed by atoms with Crippen molar-refractivity contribution >= 4 is 28.8 Å². The van der Waals surface area contributed by atoms with Gasteiger partial charge in [0.25, 0.3) is 5.91 Å². The van der Waals surface area contributed by atoms with E-state index in [-0.39, 0.29) is 23.7 Å². The van der Waals surface area contributed by atoms with Crippen molar-refractivity contribution in [2.75, 3.05) is 24.6 Å². The number of anilines is 1. The third kappa shape index (κ3) is 5.50. The number of carbonyl (C=O) groups is 1. The third-order valence-electron chi connectivity index (χ3n) is 8.07. The van der Waals surface area contributed by atoms with Gasteiger partial charge in [0.15, 0.2) is 0 Å². The Bertz CT molecular complexity index is 1680. The highest BCUT2D eigenvalue weighted by Crippen LogP contribution is 2.45. The molecule has 0 radical (unpaired) electrons. The quantitative estimate of drug-likeness (QED) is 0.324. The summed E-state index contributed by atoms with van der Waals surface area (Å²) < 4.78 is 7.47. The molecular formula is C31H32ClN7O3. The van der Waals surface area contributed by atoms with Crippen molar-refractivity contribution in [1.82, 2.24) is 24.9 Å². The van der Waals surface area contributed by atoms with Crippen LogP contribution in [0.1, 0.15) is 49.7 Å². The summed E-state index contributed by atoms with van der Waals surface area (Å²) in [6, 6.07) is 11.5. The number of fused-ring (bicyclic) bond motifs is 2. The normalized spacial score (nSPS) is 21.8. The molecule has 11 heteroatoms. The largest absolute Gasteiger partial charge is 0.489 e. The lowest BCUT2D eigenvalue weighted by atomic mass is 9.97. The summed E-state index contributed by atoms with van der Waals surface area (Å²) in [5.41, 5.74) is 1.68. The second-order valence-corrected chi connectivity index (χ2v) is 12.6. The molecule has 42 heavy (non-hydrogen) atoms. The van der Waals surface area contributed by atoms with Crippen molar-refractivity contribution in [3.63, 3.8) is 0 Å². The molecule has 4 aromatic rings. The number of aromatic nitrogens is 4. The van der Waals surface area contributed by atoms with E-state index in [0.29, 0.717) is 33.7 Å². The molecule has 0 unspecified atom stereocenters. The van der Waals surface area contributed by atoms with Gasteiger partial charge in [0.05, 0.1) is 34.1 Å². The summed E-state index contributed by atoms with van der Waals surface area (Å²) in [6.45, 7) is 7.29. The van der Waals surface area contributed by atoms with E-state index in [4.69, 9.17) is 21.3 Å². The van der Waals surface area contributed by atoms with E-state index < -0.39 is 5.60 Å². The minimum Gasteiger partial charge on any atom is -0.489 e. The number of pyridine rings is 3. The summed E-state index contributed by atoms with van der Waals surface area (Å²) in [4.78, 5) is 24.1. The number of nitriles is 1. The predicted octanol–water partition coefficient (Wildman–Crippen LogP) is 4.50. The average Bonchev–Trinajstić information content (AvgIpc) is 3.62. The lowest BCUT2D eigenvalue weighted by Crippen LogP contribution is -2.45. The maximum Gasteiger partial charge on any atom is 0.271 e. The average molecular weight is 586 g/mol. The number of aliphatic hydroxyl groups is 1. The molecule has 216 valence electrons. The van der Waals surface area contributed by atoms with E-state index in [0.717, 1.165) is 42.9 Å². The first-order valence-corrected chi connectivity index (χ1v) is 14.3. The van der Waals surface area contributed by atoms with Crippen LogP contribution in [0.25, 0.3) is 16.6 Å². The minimum absolute atomic E-state index is 0.110. The van der Waals surface area contributed by atoms with Crippen LogP contribution in [0.2, 0.25) is 5.02 Å². The molecule has 1 aliphatic carbocycles. The number of nitrogens with zero attached hydrogens (tertiary/aromatic N) is 6. The van der Waals surface area contributed by atoms with Gasteiger partial charge >= 0.3 is 0 Å². The third-order valence-corrected chi connectivity index (χ3v) is 8.38. The number of halogens is 1. The van der Waals surface area contributed by atoms with E-state index >= 15 is 0 Å². The van der Waals surface area contributed by atoms with Gasteiger partial charge < -0.3 is 20.1 Å². The second kappa shape index (κ2) is 10.6. The Morgan fingerprint density at radius 1 is 1.24 bits per heavy atom. The zero-order valence-electron chi connectivity index (χ0n) is 23.7. The molecule has 2 N–H and O–H groups in total. The van der Waals surface area contributed by atoms with Crippen LogP contribution < -0.4 is 15.0 Å². The van der Waals surface area contributed by atoms with E-state index in [2.05, 4.69) is 33.3 Å². The molecule has 0 aromatic carbocycles. The first kappa shape index (κ1) is 27.9. The van der Waals surface area contributed by atoms with Gasteiger partial charge in [0.1, 0.15) is 29.9 Å². The highest BCUT2D eigenvalue weighted by molar-refractivity contribution is 6.33. The van der Waals surface area contributed by atoms with Gasteiger partial charge in [-0.15, -0.1) is 0 Å². The zero-order valence-corrected chi connectivity index (χ0v) is 24.5. The molecule has 3 atom stereocenters. The Balaban J connectivity index is 1.17. The lowest BCUT2D eigenvalue weighted by Gasteiger charge is -2.28. The fraction of sp³-hybridized carbons (Fsp3) is 0.387. The van der Waals surface area contributed by atoms with Crippen molar-refractivity contribution in [2.24, 2.45) is 11.8 Å². The lowest BCUT2D eigenvalue weighted by molar-refractivity contribution is 0.0283. The molecule has 0 spiro atoms. The summed E-state index contributed by atoms with van der Waals surface area (Å²) in [6.07, 6.45) is 8.37. The molecule has 4 aromatic heterocycles. The Kier molecular flexibility index (Phi) is 7.03. The molecule has 2 aliphatic rings. The summed E-state index contributed by atoms with van der Waals surface area (Å²) in [5, 5.41) is 27.7. The van der Waals surface area contributed by atoms with Crippen LogP contribution in [-0.2, 0) is 0 Å². The molecule has 6 rings (SSSR count). The summed E-state index contributed by atoms with van der Waals surface area (Å²) >= 11 is 6.19. The summed E-state index contributed by atoms with van der Waals surface area (Å²) in [7, 11) is 0. The molecule has 1 saturated heterocycles.